The minimum Gasteiger partial charge on any atom is -0.310 e. The van der Waals surface area contributed by atoms with E-state index in [9.17, 15) is 0 Å². The van der Waals surface area contributed by atoms with Gasteiger partial charge in [-0.3, -0.25) is 15.0 Å². The summed E-state index contributed by atoms with van der Waals surface area (Å²) in [4.78, 5) is 15.8. The summed E-state index contributed by atoms with van der Waals surface area (Å²) >= 11 is 0. The molecule has 0 bridgehead atoms. The Hall–Kier alpha value is -8.03. The van der Waals surface area contributed by atoms with Gasteiger partial charge in [0.1, 0.15) is 0 Å². The predicted molar refractivity (Wildman–Crippen MR) is 238 cm³/mol. The third kappa shape index (κ3) is 4.83. The van der Waals surface area contributed by atoms with E-state index in [1.165, 1.54) is 32.3 Å². The van der Waals surface area contributed by atoms with E-state index in [-0.39, 0.29) is 0 Å². The molecule has 272 valence electrons. The van der Waals surface area contributed by atoms with Crippen molar-refractivity contribution in [3.8, 4) is 17.1 Å². The monoisotopic (exact) mass is 743 g/mol. The Morgan fingerprint density at radius 3 is 0.862 bits per heavy atom. The number of pyridine rings is 3. The Kier molecular flexibility index (Phi) is 7.09. The maximum atomic E-state index is 4.50. The number of rotatable bonds is 6. The highest BCUT2D eigenvalue weighted by molar-refractivity contribution is 6.11. The number of para-hydroxylation sites is 3. The average molecular weight is 744 g/mol. The Morgan fingerprint density at radius 1 is 0.276 bits per heavy atom. The van der Waals surface area contributed by atoms with Gasteiger partial charge in [-0.05, 0) is 109 Å². The maximum absolute atomic E-state index is 4.50. The molecule has 0 atom stereocenters. The van der Waals surface area contributed by atoms with Crippen LogP contribution in [0, 0.1) is 0 Å². The third-order valence-electron chi connectivity index (χ3n) is 11.5. The summed E-state index contributed by atoms with van der Waals surface area (Å²) in [6.45, 7) is 0. The predicted octanol–water partition coefficient (Wildman–Crippen LogP) is 12.6. The van der Waals surface area contributed by atoms with Crippen molar-refractivity contribution < 1.29 is 0 Å². The summed E-state index contributed by atoms with van der Waals surface area (Å²) in [5.41, 5.74) is 13.1. The van der Waals surface area contributed by atoms with Crippen LogP contribution < -0.4 is 4.90 Å². The molecule has 6 heterocycles. The van der Waals surface area contributed by atoms with E-state index in [1.54, 1.807) is 0 Å². The van der Waals surface area contributed by atoms with Crippen molar-refractivity contribution >= 4 is 82.5 Å². The van der Waals surface area contributed by atoms with Gasteiger partial charge in [0, 0.05) is 85.0 Å². The minimum absolute atomic E-state index is 1.05. The summed E-state index contributed by atoms with van der Waals surface area (Å²) in [5, 5.41) is 7.20. The molecule has 6 aromatic heterocycles. The first-order valence-electron chi connectivity index (χ1n) is 19.4. The lowest BCUT2D eigenvalue weighted by Crippen LogP contribution is -2.10. The van der Waals surface area contributed by atoms with Crippen LogP contribution in [0.5, 0.6) is 0 Å². The molecule has 0 N–H and O–H groups in total. The van der Waals surface area contributed by atoms with Gasteiger partial charge in [-0.2, -0.15) is 0 Å². The molecule has 0 saturated carbocycles. The highest BCUT2D eigenvalue weighted by Crippen LogP contribution is 2.39. The molecule has 0 fully saturated rings. The van der Waals surface area contributed by atoms with Crippen molar-refractivity contribution in [1.82, 2.24) is 28.7 Å². The number of hydrogen-bond donors (Lipinski definition) is 0. The van der Waals surface area contributed by atoms with Crippen molar-refractivity contribution in [3.05, 3.63) is 201 Å². The lowest BCUT2D eigenvalue weighted by atomic mass is 10.1. The van der Waals surface area contributed by atoms with E-state index in [0.717, 1.165) is 67.2 Å². The molecule has 7 heteroatoms. The first kappa shape index (κ1) is 32.2. The largest absolute Gasteiger partial charge is 0.310 e. The van der Waals surface area contributed by atoms with Crippen LogP contribution in [-0.2, 0) is 0 Å². The average Bonchev–Trinajstić information content (AvgIpc) is 3.93. The number of anilines is 3. The molecule has 12 rings (SSSR count). The van der Waals surface area contributed by atoms with E-state index in [1.807, 2.05) is 37.2 Å². The maximum Gasteiger partial charge on any atom is 0.0724 e. The fraction of sp³-hybridized carbons (Fsp3) is 0. The van der Waals surface area contributed by atoms with E-state index >= 15 is 0 Å². The van der Waals surface area contributed by atoms with Gasteiger partial charge in [0.25, 0.3) is 0 Å². The van der Waals surface area contributed by atoms with Gasteiger partial charge >= 0.3 is 0 Å². The summed E-state index contributed by atoms with van der Waals surface area (Å²) in [7, 11) is 0. The van der Waals surface area contributed by atoms with Gasteiger partial charge in [-0.25, -0.2) is 0 Å². The summed E-state index contributed by atoms with van der Waals surface area (Å²) in [6.07, 6.45) is 11.5. The van der Waals surface area contributed by atoms with Gasteiger partial charge in [0.2, 0.25) is 0 Å². The zero-order valence-electron chi connectivity index (χ0n) is 31.2. The highest BCUT2D eigenvalue weighted by Gasteiger charge is 2.18. The van der Waals surface area contributed by atoms with Crippen molar-refractivity contribution in [1.29, 1.82) is 0 Å². The molecule has 0 amide bonds. The molecule has 0 spiro atoms. The van der Waals surface area contributed by atoms with E-state index in [0.29, 0.717) is 0 Å². The fourth-order valence-electron chi connectivity index (χ4n) is 8.99. The number of nitrogens with zero attached hydrogens (tertiary/aromatic N) is 7. The van der Waals surface area contributed by atoms with Crippen LogP contribution in [-0.4, -0.2) is 28.7 Å². The molecule has 0 aliphatic rings. The van der Waals surface area contributed by atoms with Crippen LogP contribution >= 0.6 is 0 Å². The second kappa shape index (κ2) is 12.8. The Labute approximate surface area is 332 Å². The molecule has 0 unspecified atom stereocenters. The van der Waals surface area contributed by atoms with Crippen LogP contribution in [0.15, 0.2) is 201 Å². The minimum atomic E-state index is 1.05. The third-order valence-corrected chi connectivity index (χ3v) is 11.5. The van der Waals surface area contributed by atoms with Crippen LogP contribution in [0.3, 0.4) is 0 Å². The Bertz CT molecular complexity index is 2970. The molecular formula is C51H33N7. The lowest BCUT2D eigenvalue weighted by Gasteiger charge is -2.26. The zero-order valence-corrected chi connectivity index (χ0v) is 31.2. The molecule has 0 aliphatic carbocycles. The van der Waals surface area contributed by atoms with Crippen LogP contribution in [0.25, 0.3) is 82.5 Å². The second-order valence-electron chi connectivity index (χ2n) is 14.6. The first-order valence-corrected chi connectivity index (χ1v) is 19.4. The van der Waals surface area contributed by atoms with Crippen LogP contribution in [0.4, 0.5) is 17.1 Å². The molecule has 12 aromatic rings. The standard InChI is InChI=1S/C51H33N7/c1-4-10-46-40(7-1)43-25-28-52-31-49(43)56(46)37-19-13-34(14-20-37)55(35-15-21-38(22-16-35)57-47-11-5-2-8-41(47)44-26-29-53-32-50(44)57)36-17-23-39(24-18-36)58-48-12-6-3-9-42(48)45-27-30-54-33-51(45)58/h1-33H. The molecule has 58 heavy (non-hydrogen) atoms. The van der Waals surface area contributed by atoms with Crippen molar-refractivity contribution in [2.45, 2.75) is 0 Å². The van der Waals surface area contributed by atoms with Gasteiger partial charge in [0.05, 0.1) is 51.7 Å². The molecular weight excluding hydrogens is 711 g/mol. The van der Waals surface area contributed by atoms with Gasteiger partial charge in [-0.15, -0.1) is 0 Å². The number of hydrogen-bond acceptors (Lipinski definition) is 4. The van der Waals surface area contributed by atoms with Crippen molar-refractivity contribution in [2.75, 3.05) is 4.90 Å². The van der Waals surface area contributed by atoms with Gasteiger partial charge in [-0.1, -0.05) is 54.6 Å². The lowest BCUT2D eigenvalue weighted by molar-refractivity contribution is 1.15. The Morgan fingerprint density at radius 2 is 0.552 bits per heavy atom. The molecule has 0 aliphatic heterocycles. The molecule has 6 aromatic carbocycles. The second-order valence-corrected chi connectivity index (χ2v) is 14.6. The van der Waals surface area contributed by atoms with E-state index < -0.39 is 0 Å². The van der Waals surface area contributed by atoms with Crippen LogP contribution in [0.1, 0.15) is 0 Å². The van der Waals surface area contributed by atoms with Crippen LogP contribution in [0.2, 0.25) is 0 Å². The first-order chi connectivity index (χ1) is 28.8. The number of fused-ring (bicyclic) bond motifs is 9. The summed E-state index contributed by atoms with van der Waals surface area (Å²) in [6, 6.07) is 58.5. The molecule has 7 nitrogen and oxygen atoms in total. The van der Waals surface area contributed by atoms with Gasteiger partial charge < -0.3 is 18.6 Å². The van der Waals surface area contributed by atoms with Crippen molar-refractivity contribution in [2.24, 2.45) is 0 Å². The van der Waals surface area contributed by atoms with E-state index in [2.05, 4.69) is 197 Å². The van der Waals surface area contributed by atoms with E-state index in [4.69, 9.17) is 0 Å². The highest BCUT2D eigenvalue weighted by atomic mass is 15.1. The Balaban J connectivity index is 0.996. The number of aromatic nitrogens is 6. The topological polar surface area (TPSA) is 56.7 Å². The molecule has 0 radical (unpaired) electrons. The normalized spacial score (nSPS) is 11.8. The zero-order chi connectivity index (χ0) is 38.2. The van der Waals surface area contributed by atoms with Gasteiger partial charge in [0.15, 0.2) is 0 Å². The quantitative estimate of drug-likeness (QED) is 0.170. The fourth-order valence-corrected chi connectivity index (χ4v) is 8.99. The number of benzene rings is 6. The SMILES string of the molecule is c1ccc2c(c1)c1ccncc1n2-c1ccc(N(c2ccc(-n3c4ccccc4c4ccncc43)cc2)c2ccc(-n3c4ccccc4c4ccncc43)cc2)cc1. The molecule has 0 saturated heterocycles. The smallest absolute Gasteiger partial charge is 0.0724 e. The summed E-state index contributed by atoms with van der Waals surface area (Å²) < 4.78 is 6.91. The summed E-state index contributed by atoms with van der Waals surface area (Å²) in [5.74, 6) is 0. The van der Waals surface area contributed by atoms with Crippen molar-refractivity contribution in [3.63, 3.8) is 0 Å².